The van der Waals surface area contributed by atoms with Crippen molar-refractivity contribution >= 4 is 17.5 Å². The van der Waals surface area contributed by atoms with Gasteiger partial charge < -0.3 is 10.1 Å². The first-order chi connectivity index (χ1) is 14.3. The van der Waals surface area contributed by atoms with Crippen LogP contribution in [0.25, 0.3) is 0 Å². The largest absolute Gasteiger partial charge is 0.484 e. The number of aryl methyl sites for hydroxylation is 2. The number of rotatable bonds is 6. The number of hydrogen-bond acceptors (Lipinski definition) is 3. The molecule has 0 aliphatic rings. The molecule has 0 saturated carbocycles. The van der Waals surface area contributed by atoms with E-state index in [9.17, 15) is 22.8 Å². The summed E-state index contributed by atoms with van der Waals surface area (Å²) in [5.41, 5.74) is 4.41. The Kier molecular flexibility index (Phi) is 6.10. The van der Waals surface area contributed by atoms with E-state index in [1.54, 1.807) is 4.68 Å². The van der Waals surface area contributed by atoms with E-state index in [0.29, 0.717) is 17.4 Å². The summed E-state index contributed by atoms with van der Waals surface area (Å²) in [6, 6.07) is 11.4. The van der Waals surface area contributed by atoms with Crippen LogP contribution in [0.5, 0.6) is 5.75 Å². The molecule has 156 valence electrons. The third kappa shape index (κ3) is 4.62. The summed E-state index contributed by atoms with van der Waals surface area (Å²) in [6.45, 7) is 3.23. The van der Waals surface area contributed by atoms with E-state index in [2.05, 4.69) is 10.7 Å². The van der Waals surface area contributed by atoms with Crippen molar-refractivity contribution in [2.45, 2.75) is 13.8 Å². The highest BCUT2D eigenvalue weighted by atomic mass is 19.2. The molecule has 0 atom stereocenters. The van der Waals surface area contributed by atoms with Crippen molar-refractivity contribution in [2.75, 3.05) is 17.3 Å². The Morgan fingerprint density at radius 2 is 1.53 bits per heavy atom. The molecular formula is C21H18F3N3O3. The van der Waals surface area contributed by atoms with E-state index in [1.807, 2.05) is 26.0 Å². The predicted molar refractivity (Wildman–Crippen MR) is 104 cm³/mol. The van der Waals surface area contributed by atoms with Crippen molar-refractivity contribution in [3.05, 3.63) is 82.9 Å². The monoisotopic (exact) mass is 417 g/mol. The van der Waals surface area contributed by atoms with Crippen molar-refractivity contribution < 1.29 is 27.5 Å². The number of carbonyl (C=O) groups excluding carboxylic acids is 2. The minimum absolute atomic E-state index is 0.292. The maximum absolute atomic E-state index is 13.6. The fourth-order valence-electron chi connectivity index (χ4n) is 2.67. The minimum Gasteiger partial charge on any atom is -0.484 e. The van der Waals surface area contributed by atoms with Gasteiger partial charge in [0.05, 0.1) is 5.69 Å². The van der Waals surface area contributed by atoms with E-state index in [1.165, 1.54) is 24.3 Å². The molecule has 0 saturated heterocycles. The molecule has 0 bridgehead atoms. The summed E-state index contributed by atoms with van der Waals surface area (Å²) in [6.07, 6.45) is 0. The molecule has 0 aliphatic carbocycles. The molecule has 9 heteroatoms. The number of halogens is 3. The molecule has 3 aromatic rings. The first kappa shape index (κ1) is 21.0. The zero-order chi connectivity index (χ0) is 21.8. The molecule has 0 unspecified atom stereocenters. The fourth-order valence-corrected chi connectivity index (χ4v) is 2.67. The third-order valence-corrected chi connectivity index (χ3v) is 4.28. The van der Waals surface area contributed by atoms with Crippen LogP contribution >= 0.6 is 0 Å². The third-order valence-electron chi connectivity index (χ3n) is 4.28. The van der Waals surface area contributed by atoms with Crippen LogP contribution in [0.3, 0.4) is 0 Å². The molecule has 2 N–H and O–H groups in total. The number of amides is 2. The molecule has 2 aromatic carbocycles. The molecule has 1 aromatic heterocycles. The van der Waals surface area contributed by atoms with Crippen molar-refractivity contribution in [2.24, 2.45) is 0 Å². The first-order valence-electron chi connectivity index (χ1n) is 8.89. The lowest BCUT2D eigenvalue weighted by Gasteiger charge is -2.12. The normalized spacial score (nSPS) is 10.6. The number of aromatic nitrogens is 1. The number of nitrogens with one attached hydrogen (secondary N) is 2. The Bertz CT molecular complexity index is 1080. The second-order valence-electron chi connectivity index (χ2n) is 6.48. The average Bonchev–Trinajstić information content (AvgIpc) is 3.05. The van der Waals surface area contributed by atoms with E-state index in [0.717, 1.165) is 17.5 Å². The molecule has 6 nitrogen and oxygen atoms in total. The van der Waals surface area contributed by atoms with Crippen molar-refractivity contribution in [1.29, 1.82) is 0 Å². The van der Waals surface area contributed by atoms with Gasteiger partial charge >= 0.3 is 0 Å². The number of anilines is 1. The highest BCUT2D eigenvalue weighted by Crippen LogP contribution is 2.20. The zero-order valence-corrected chi connectivity index (χ0v) is 16.1. The fraction of sp³-hybridized carbons (Fsp3) is 0.143. The van der Waals surface area contributed by atoms with E-state index in [4.69, 9.17) is 4.74 Å². The van der Waals surface area contributed by atoms with Gasteiger partial charge in [-0.2, -0.15) is 0 Å². The van der Waals surface area contributed by atoms with Gasteiger partial charge in [-0.3, -0.25) is 19.7 Å². The Hall–Kier alpha value is -3.75. The predicted octanol–water partition coefficient (Wildman–Crippen LogP) is 3.92. The lowest BCUT2D eigenvalue weighted by atomic mass is 10.2. The summed E-state index contributed by atoms with van der Waals surface area (Å²) < 4.78 is 46.6. The summed E-state index contributed by atoms with van der Waals surface area (Å²) in [7, 11) is 0. The number of benzene rings is 2. The van der Waals surface area contributed by atoms with Gasteiger partial charge in [-0.1, -0.05) is 0 Å². The lowest BCUT2D eigenvalue weighted by molar-refractivity contribution is -0.118. The second-order valence-corrected chi connectivity index (χ2v) is 6.48. The molecule has 0 fully saturated rings. The van der Waals surface area contributed by atoms with Gasteiger partial charge in [-0.05, 0) is 62.4 Å². The standard InChI is InChI=1S/C21H18F3N3O3/c1-12-3-4-13(2)27(12)26-21(29)14-5-7-15(8-6-14)30-11-18(28)25-17-10-9-16(22)19(23)20(17)24/h3-10H,11H2,1-2H3,(H,25,28)(H,26,29). The number of hydrogen-bond donors (Lipinski definition) is 2. The van der Waals surface area contributed by atoms with Gasteiger partial charge in [-0.15, -0.1) is 0 Å². The van der Waals surface area contributed by atoms with Crippen LogP contribution in [0.4, 0.5) is 18.9 Å². The lowest BCUT2D eigenvalue weighted by Crippen LogP contribution is -2.24. The first-order valence-corrected chi connectivity index (χ1v) is 8.89. The van der Waals surface area contributed by atoms with Gasteiger partial charge in [0, 0.05) is 17.0 Å². The summed E-state index contributed by atoms with van der Waals surface area (Å²) in [5, 5.41) is 2.10. The molecule has 3 rings (SSSR count). The number of ether oxygens (including phenoxy) is 1. The van der Waals surface area contributed by atoms with Crippen LogP contribution in [0, 0.1) is 31.3 Å². The summed E-state index contributed by atoms with van der Waals surface area (Å²) in [4.78, 5) is 24.2. The summed E-state index contributed by atoms with van der Waals surface area (Å²) >= 11 is 0. The van der Waals surface area contributed by atoms with Gasteiger partial charge in [0.25, 0.3) is 11.8 Å². The Balaban J connectivity index is 1.56. The molecule has 1 heterocycles. The van der Waals surface area contributed by atoms with Crippen LogP contribution in [0.15, 0.2) is 48.5 Å². The zero-order valence-electron chi connectivity index (χ0n) is 16.1. The van der Waals surface area contributed by atoms with Gasteiger partial charge in [0.1, 0.15) is 5.75 Å². The van der Waals surface area contributed by atoms with E-state index >= 15 is 0 Å². The van der Waals surface area contributed by atoms with E-state index < -0.39 is 35.7 Å². The smallest absolute Gasteiger partial charge is 0.270 e. The molecule has 2 amide bonds. The van der Waals surface area contributed by atoms with Crippen LogP contribution in [0.2, 0.25) is 0 Å². The van der Waals surface area contributed by atoms with Crippen LogP contribution in [-0.2, 0) is 4.79 Å². The van der Waals surface area contributed by atoms with Crippen LogP contribution in [0.1, 0.15) is 21.7 Å². The van der Waals surface area contributed by atoms with Gasteiger partial charge in [0.2, 0.25) is 0 Å². The minimum atomic E-state index is -1.67. The van der Waals surface area contributed by atoms with E-state index in [-0.39, 0.29) is 5.91 Å². The Morgan fingerprint density at radius 1 is 0.900 bits per heavy atom. The topological polar surface area (TPSA) is 72.4 Å². The maximum Gasteiger partial charge on any atom is 0.270 e. The highest BCUT2D eigenvalue weighted by Gasteiger charge is 2.15. The number of carbonyl (C=O) groups is 2. The SMILES string of the molecule is Cc1ccc(C)n1NC(=O)c1ccc(OCC(=O)Nc2ccc(F)c(F)c2F)cc1. The molecule has 30 heavy (non-hydrogen) atoms. The van der Waals surface area contributed by atoms with Crippen molar-refractivity contribution in [3.63, 3.8) is 0 Å². The van der Waals surface area contributed by atoms with Crippen molar-refractivity contribution in [1.82, 2.24) is 4.68 Å². The highest BCUT2D eigenvalue weighted by molar-refractivity contribution is 6.00. The van der Waals surface area contributed by atoms with Crippen LogP contribution in [-0.4, -0.2) is 23.1 Å². The molecular weight excluding hydrogens is 399 g/mol. The Labute approximate surface area is 170 Å². The van der Waals surface area contributed by atoms with Gasteiger partial charge in [0.15, 0.2) is 24.1 Å². The maximum atomic E-state index is 13.6. The van der Waals surface area contributed by atoms with Crippen LogP contribution < -0.4 is 15.5 Å². The number of nitrogens with zero attached hydrogens (tertiary/aromatic N) is 1. The molecule has 0 radical (unpaired) electrons. The van der Waals surface area contributed by atoms with Gasteiger partial charge in [-0.25, -0.2) is 13.2 Å². The summed E-state index contributed by atoms with van der Waals surface area (Å²) in [5.74, 6) is -5.32. The molecule has 0 aliphatic heterocycles. The quantitative estimate of drug-likeness (QED) is 0.597. The Morgan fingerprint density at radius 3 is 2.17 bits per heavy atom. The van der Waals surface area contributed by atoms with Crippen molar-refractivity contribution in [3.8, 4) is 5.75 Å². The molecule has 0 spiro atoms. The second kappa shape index (κ2) is 8.73. The average molecular weight is 417 g/mol.